The van der Waals surface area contributed by atoms with Gasteiger partial charge in [-0.25, -0.2) is 17.2 Å². The zero-order valence-electron chi connectivity index (χ0n) is 22.2. The molecular weight excluding hydrogens is 488 g/mol. The number of rotatable bonds is 7. The molecule has 1 amide bonds. The number of aliphatic hydroxyl groups excluding tert-OH is 2. The first-order valence-electron chi connectivity index (χ1n) is 13.8. The van der Waals surface area contributed by atoms with Gasteiger partial charge < -0.3 is 15.5 Å². The van der Waals surface area contributed by atoms with Crippen LogP contribution in [-0.4, -0.2) is 61.2 Å². The fourth-order valence-electron chi connectivity index (χ4n) is 9.23. The highest BCUT2D eigenvalue weighted by Crippen LogP contribution is 2.69. The summed E-state index contributed by atoms with van der Waals surface area (Å²) in [5.74, 6) is -2.32. The normalized spacial score (nSPS) is 44.7. The molecule has 6 nitrogen and oxygen atoms in total. The van der Waals surface area contributed by atoms with Crippen molar-refractivity contribution in [3.8, 4) is 0 Å². The number of amides is 1. The number of sulfone groups is 1. The Hall–Kier alpha value is -0.800. The molecule has 3 N–H and O–H groups in total. The molecule has 0 aromatic carbocycles. The number of alkyl halides is 2. The van der Waals surface area contributed by atoms with Crippen LogP contribution in [0.2, 0.25) is 0 Å². The van der Waals surface area contributed by atoms with Crippen molar-refractivity contribution in [2.24, 2.45) is 46.3 Å². The van der Waals surface area contributed by atoms with Crippen LogP contribution in [0.5, 0.6) is 0 Å². The lowest BCUT2D eigenvalue weighted by Gasteiger charge is -2.63. The predicted octanol–water partition coefficient (Wildman–Crippen LogP) is 3.80. The first-order chi connectivity index (χ1) is 16.6. The fraction of sp³-hybridized carbons (Fsp3) is 0.963. The number of fused-ring (bicyclic) bond motifs is 5. The largest absolute Gasteiger partial charge is 0.393 e. The van der Waals surface area contributed by atoms with E-state index in [1.807, 2.05) is 6.92 Å². The van der Waals surface area contributed by atoms with Crippen LogP contribution in [0, 0.1) is 46.3 Å². The molecule has 208 valence electrons. The molecule has 4 rings (SSSR count). The lowest BCUT2D eigenvalue weighted by atomic mass is 9.43. The quantitative estimate of drug-likeness (QED) is 0.462. The van der Waals surface area contributed by atoms with Crippen molar-refractivity contribution in [3.05, 3.63) is 0 Å². The van der Waals surface area contributed by atoms with Gasteiger partial charge in [0, 0.05) is 25.6 Å². The minimum absolute atomic E-state index is 0.00698. The summed E-state index contributed by atoms with van der Waals surface area (Å²) in [7, 11) is -3.11. The second-order valence-electron chi connectivity index (χ2n) is 13.2. The van der Waals surface area contributed by atoms with E-state index in [0.29, 0.717) is 24.7 Å². The SMILES string of the molecule is C[C@H](CCC(=O)NCCS(C)(=O)=O)[C@H]1CCC2C3C(O)C[C@@H]4C[C@@H](O)C(F)(F)C[C@]4(C)C3CC[C@@]21C. The van der Waals surface area contributed by atoms with E-state index in [2.05, 4.69) is 19.2 Å². The number of carbonyl (C=O) groups excluding carboxylic acids is 1. The fourth-order valence-corrected chi connectivity index (χ4v) is 9.70. The molecule has 4 aliphatic carbocycles. The van der Waals surface area contributed by atoms with Crippen molar-refractivity contribution >= 4 is 15.7 Å². The lowest BCUT2D eigenvalue weighted by molar-refractivity contribution is -0.236. The Morgan fingerprint density at radius 2 is 1.75 bits per heavy atom. The smallest absolute Gasteiger partial charge is 0.274 e. The summed E-state index contributed by atoms with van der Waals surface area (Å²) >= 11 is 0. The molecule has 4 saturated carbocycles. The van der Waals surface area contributed by atoms with Crippen LogP contribution in [0.15, 0.2) is 0 Å². The Balaban J connectivity index is 1.42. The first-order valence-corrected chi connectivity index (χ1v) is 15.8. The van der Waals surface area contributed by atoms with E-state index >= 15 is 0 Å². The minimum Gasteiger partial charge on any atom is -0.393 e. The van der Waals surface area contributed by atoms with Gasteiger partial charge in [0.1, 0.15) is 15.9 Å². The van der Waals surface area contributed by atoms with Gasteiger partial charge in [0.25, 0.3) is 5.92 Å². The molecule has 4 aliphatic rings. The summed E-state index contributed by atoms with van der Waals surface area (Å²) < 4.78 is 51.9. The Labute approximate surface area is 214 Å². The third-order valence-corrected chi connectivity index (χ3v) is 12.0. The Bertz CT molecular complexity index is 944. The van der Waals surface area contributed by atoms with E-state index in [1.54, 1.807) is 0 Å². The number of hydrogen-bond acceptors (Lipinski definition) is 5. The summed E-state index contributed by atoms with van der Waals surface area (Å²) in [5.41, 5.74) is -0.560. The monoisotopic (exact) mass is 533 g/mol. The predicted molar refractivity (Wildman–Crippen MR) is 134 cm³/mol. The van der Waals surface area contributed by atoms with Gasteiger partial charge in [-0.05, 0) is 91.3 Å². The molecule has 0 spiro atoms. The third kappa shape index (κ3) is 5.09. The van der Waals surface area contributed by atoms with E-state index in [4.69, 9.17) is 0 Å². The molecule has 0 radical (unpaired) electrons. The van der Waals surface area contributed by atoms with Gasteiger partial charge in [0.15, 0.2) is 0 Å². The first kappa shape index (κ1) is 28.2. The van der Waals surface area contributed by atoms with Gasteiger partial charge in [0.2, 0.25) is 5.91 Å². The third-order valence-electron chi connectivity index (χ3n) is 11.1. The van der Waals surface area contributed by atoms with Gasteiger partial charge in [0.05, 0.1) is 11.9 Å². The Morgan fingerprint density at radius 1 is 1.08 bits per heavy atom. The number of hydrogen-bond donors (Lipinski definition) is 3. The van der Waals surface area contributed by atoms with E-state index < -0.39 is 33.4 Å². The van der Waals surface area contributed by atoms with Crippen molar-refractivity contribution < 1.29 is 32.2 Å². The average molecular weight is 534 g/mol. The maximum absolute atomic E-state index is 14.7. The second-order valence-corrected chi connectivity index (χ2v) is 15.5. The average Bonchev–Trinajstić information content (AvgIpc) is 3.10. The number of halogens is 2. The second kappa shape index (κ2) is 9.74. The van der Waals surface area contributed by atoms with Gasteiger partial charge in [-0.15, -0.1) is 0 Å². The van der Waals surface area contributed by atoms with Gasteiger partial charge >= 0.3 is 0 Å². The molecule has 4 unspecified atom stereocenters. The molecule has 10 atom stereocenters. The zero-order valence-corrected chi connectivity index (χ0v) is 23.0. The molecule has 0 aromatic heterocycles. The van der Waals surface area contributed by atoms with E-state index in [-0.39, 0.29) is 60.1 Å². The van der Waals surface area contributed by atoms with Crippen LogP contribution >= 0.6 is 0 Å². The van der Waals surface area contributed by atoms with Crippen LogP contribution < -0.4 is 5.32 Å². The Morgan fingerprint density at radius 3 is 2.42 bits per heavy atom. The number of aliphatic hydroxyl groups is 2. The van der Waals surface area contributed by atoms with E-state index in [0.717, 1.165) is 38.4 Å². The van der Waals surface area contributed by atoms with Crippen molar-refractivity contribution in [1.29, 1.82) is 0 Å². The number of carbonyl (C=O) groups is 1. The van der Waals surface area contributed by atoms with Crippen LogP contribution in [-0.2, 0) is 14.6 Å². The highest BCUT2D eigenvalue weighted by atomic mass is 32.2. The van der Waals surface area contributed by atoms with Crippen LogP contribution in [0.4, 0.5) is 8.78 Å². The minimum atomic E-state index is -3.11. The maximum atomic E-state index is 14.7. The molecular formula is C27H45F2NO5S. The highest BCUT2D eigenvalue weighted by Gasteiger charge is 2.66. The molecule has 9 heteroatoms. The zero-order chi connectivity index (χ0) is 26.7. The van der Waals surface area contributed by atoms with E-state index in [1.165, 1.54) is 0 Å². The van der Waals surface area contributed by atoms with Crippen molar-refractivity contribution in [2.45, 2.75) is 96.7 Å². The molecule has 0 bridgehead atoms. The van der Waals surface area contributed by atoms with Crippen LogP contribution in [0.1, 0.15) is 78.6 Å². The van der Waals surface area contributed by atoms with Crippen molar-refractivity contribution in [2.75, 3.05) is 18.6 Å². The van der Waals surface area contributed by atoms with Gasteiger partial charge in [-0.3, -0.25) is 4.79 Å². The van der Waals surface area contributed by atoms with E-state index in [9.17, 15) is 32.2 Å². The summed E-state index contributed by atoms with van der Waals surface area (Å²) in [5, 5.41) is 24.1. The van der Waals surface area contributed by atoms with Crippen LogP contribution in [0.25, 0.3) is 0 Å². The topological polar surface area (TPSA) is 104 Å². The molecule has 0 aliphatic heterocycles. The molecule has 0 heterocycles. The summed E-state index contributed by atoms with van der Waals surface area (Å²) in [6.45, 7) is 6.62. The summed E-state index contributed by atoms with van der Waals surface area (Å²) in [6, 6.07) is 0. The molecule has 0 saturated heterocycles. The molecule has 4 fully saturated rings. The van der Waals surface area contributed by atoms with Gasteiger partial charge in [-0.1, -0.05) is 20.8 Å². The standard InChI is InChI=1S/C27H45F2NO5S/c1-16(5-8-23(33)30-11-12-36(4,34)35)18-6-7-19-24-20(9-10-25(18,19)2)26(3)15-27(28,29)22(32)14-17(26)13-21(24)31/h16-22,24,31-32H,5-15H2,1-4H3,(H,30,33)/t16-,17-,18-,19?,20?,21?,22-,24?,25-,26+/m1/s1. The summed E-state index contributed by atoms with van der Waals surface area (Å²) in [4.78, 5) is 12.3. The molecule has 36 heavy (non-hydrogen) atoms. The Kier molecular flexibility index (Phi) is 7.64. The molecule has 0 aromatic rings. The van der Waals surface area contributed by atoms with Crippen molar-refractivity contribution in [3.63, 3.8) is 0 Å². The summed E-state index contributed by atoms with van der Waals surface area (Å²) in [6.07, 6.45) is 4.11. The number of nitrogens with one attached hydrogen (secondary N) is 1. The highest BCUT2D eigenvalue weighted by molar-refractivity contribution is 7.90. The van der Waals surface area contributed by atoms with Gasteiger partial charge in [-0.2, -0.15) is 0 Å². The maximum Gasteiger partial charge on any atom is 0.274 e. The van der Waals surface area contributed by atoms with Crippen LogP contribution in [0.3, 0.4) is 0 Å². The lowest BCUT2D eigenvalue weighted by Crippen LogP contribution is -2.62. The van der Waals surface area contributed by atoms with Crippen molar-refractivity contribution in [1.82, 2.24) is 5.32 Å².